The van der Waals surface area contributed by atoms with E-state index in [1.807, 2.05) is 12.1 Å². The third-order valence-corrected chi connectivity index (χ3v) is 7.23. The second-order valence-corrected chi connectivity index (χ2v) is 8.63. The van der Waals surface area contributed by atoms with Crippen LogP contribution in [0.2, 0.25) is 0 Å². The number of fused-ring (bicyclic) bond motifs is 1. The maximum Gasteiger partial charge on any atom is 0.128 e. The molecule has 4 heteroatoms. The fraction of sp³-hybridized carbons (Fsp3) is 0.500. The van der Waals surface area contributed by atoms with Crippen molar-refractivity contribution in [2.75, 3.05) is 20.1 Å². The van der Waals surface area contributed by atoms with Crippen molar-refractivity contribution in [1.82, 2.24) is 4.90 Å². The molecule has 128 valence electrons. The topological polar surface area (TPSA) is 29.5 Å². The molecule has 0 amide bonds. The highest BCUT2D eigenvalue weighted by molar-refractivity contribution is 7.93. The maximum atomic E-state index is 12.9. The van der Waals surface area contributed by atoms with Gasteiger partial charge in [-0.2, -0.15) is 0 Å². The summed E-state index contributed by atoms with van der Waals surface area (Å²) < 4.78 is 19.5. The lowest BCUT2D eigenvalue weighted by molar-refractivity contribution is 0.111. The van der Waals surface area contributed by atoms with E-state index in [-0.39, 0.29) is 6.10 Å². The molecule has 3 nitrogen and oxygen atoms in total. The third kappa shape index (κ3) is 2.76. The molecule has 1 saturated heterocycles. The van der Waals surface area contributed by atoms with Crippen molar-refractivity contribution < 1.29 is 8.95 Å². The summed E-state index contributed by atoms with van der Waals surface area (Å²) in [7, 11) is 1.21. The highest BCUT2D eigenvalue weighted by Gasteiger charge is 2.37. The molecular weight excluding hydrogens is 318 g/mol. The van der Waals surface area contributed by atoms with Gasteiger partial charge < -0.3 is 9.64 Å². The predicted molar refractivity (Wildman–Crippen MR) is 98.3 cm³/mol. The van der Waals surface area contributed by atoms with Gasteiger partial charge in [-0.3, -0.25) is 0 Å². The molecule has 1 fully saturated rings. The van der Waals surface area contributed by atoms with Gasteiger partial charge in [0.1, 0.15) is 11.9 Å². The number of hydrogen-bond donors (Lipinski definition) is 0. The normalized spacial score (nSPS) is 28.0. The minimum absolute atomic E-state index is 0.0466. The van der Waals surface area contributed by atoms with Crippen LogP contribution in [-0.2, 0) is 17.2 Å². The zero-order chi connectivity index (χ0) is 16.7. The molecule has 3 aliphatic heterocycles. The van der Waals surface area contributed by atoms with Crippen LogP contribution in [0.4, 0.5) is 0 Å². The van der Waals surface area contributed by atoms with Crippen molar-refractivity contribution in [2.45, 2.75) is 38.7 Å². The Kier molecular flexibility index (Phi) is 4.35. The molecule has 3 heterocycles. The van der Waals surface area contributed by atoms with Crippen LogP contribution in [0.1, 0.15) is 31.7 Å². The smallest absolute Gasteiger partial charge is 0.128 e. The Labute approximate surface area is 146 Å². The molecule has 1 aromatic rings. The Hall–Kier alpha value is -1.39. The molecule has 24 heavy (non-hydrogen) atoms. The number of likely N-dealkylation sites (tertiary alicyclic amines) is 1. The zero-order valence-corrected chi connectivity index (χ0v) is 15.3. The van der Waals surface area contributed by atoms with E-state index in [1.54, 1.807) is 0 Å². The number of ether oxygens (including phenoxy) is 1. The summed E-state index contributed by atoms with van der Waals surface area (Å²) in [6, 6.07) is 8.25. The van der Waals surface area contributed by atoms with E-state index in [0.29, 0.717) is 5.92 Å². The molecule has 3 aliphatic rings. The van der Waals surface area contributed by atoms with Gasteiger partial charge in [-0.05, 0) is 57.1 Å². The number of para-hydroxylation sites is 1. The lowest BCUT2D eigenvalue weighted by Crippen LogP contribution is -2.38. The summed E-state index contributed by atoms with van der Waals surface area (Å²) in [6.45, 7) is 4.32. The third-order valence-electron chi connectivity index (χ3n) is 5.52. The summed E-state index contributed by atoms with van der Waals surface area (Å²) in [5, 5.41) is 0. The number of allylic oxidation sites excluding steroid dienone is 2. The Morgan fingerprint density at radius 3 is 2.75 bits per heavy atom. The molecule has 0 aromatic heterocycles. The summed E-state index contributed by atoms with van der Waals surface area (Å²) >= 11 is 0. The first-order valence-electron chi connectivity index (χ1n) is 8.96. The summed E-state index contributed by atoms with van der Waals surface area (Å²) in [4.78, 5) is 4.53. The minimum Gasteiger partial charge on any atom is -0.485 e. The molecule has 4 rings (SSSR count). The average molecular weight is 343 g/mol. The second-order valence-electron chi connectivity index (χ2n) is 7.08. The Morgan fingerprint density at radius 1 is 1.25 bits per heavy atom. The molecule has 1 aromatic carbocycles. The van der Waals surface area contributed by atoms with Gasteiger partial charge in [-0.1, -0.05) is 25.1 Å². The van der Waals surface area contributed by atoms with Gasteiger partial charge in [0.25, 0.3) is 0 Å². The van der Waals surface area contributed by atoms with Crippen LogP contribution in [0.15, 0.2) is 45.7 Å². The van der Waals surface area contributed by atoms with E-state index in [9.17, 15) is 4.21 Å². The number of nitrogens with zero attached hydrogens (tertiary/aromatic N) is 1. The Morgan fingerprint density at radius 2 is 2.00 bits per heavy atom. The number of benzene rings is 1. The van der Waals surface area contributed by atoms with Gasteiger partial charge in [0, 0.05) is 27.7 Å². The van der Waals surface area contributed by atoms with Gasteiger partial charge in [0.15, 0.2) is 0 Å². The van der Waals surface area contributed by atoms with Gasteiger partial charge >= 0.3 is 0 Å². The summed E-state index contributed by atoms with van der Waals surface area (Å²) in [5.41, 5.74) is 2.37. The monoisotopic (exact) mass is 343 g/mol. The highest BCUT2D eigenvalue weighted by atomic mass is 32.2. The van der Waals surface area contributed by atoms with E-state index in [1.165, 1.54) is 11.1 Å². The van der Waals surface area contributed by atoms with E-state index >= 15 is 0 Å². The van der Waals surface area contributed by atoms with Crippen LogP contribution in [0.25, 0.3) is 0 Å². The number of piperidine rings is 1. The first-order valence-corrected chi connectivity index (χ1v) is 10.1. The van der Waals surface area contributed by atoms with Crippen LogP contribution in [-0.4, -0.2) is 35.3 Å². The van der Waals surface area contributed by atoms with Crippen molar-refractivity contribution >= 4 is 10.8 Å². The SMILES string of the molecule is CCC1=CC2=C(Cc3ccccc3OC2C2CCN(C)CC2)S1=O. The summed E-state index contributed by atoms with van der Waals surface area (Å²) in [5.74, 6) is 1.47. The number of hydrogen-bond acceptors (Lipinski definition) is 3. The van der Waals surface area contributed by atoms with Crippen LogP contribution >= 0.6 is 0 Å². The van der Waals surface area contributed by atoms with Crippen molar-refractivity contribution in [3.63, 3.8) is 0 Å². The van der Waals surface area contributed by atoms with Crippen molar-refractivity contribution in [2.24, 2.45) is 5.92 Å². The van der Waals surface area contributed by atoms with Crippen molar-refractivity contribution in [3.8, 4) is 5.75 Å². The van der Waals surface area contributed by atoms with Gasteiger partial charge in [0.2, 0.25) is 0 Å². The molecule has 0 bridgehead atoms. The molecule has 2 atom stereocenters. The molecule has 2 unspecified atom stereocenters. The maximum absolute atomic E-state index is 12.9. The standard InChI is InChI=1S/C20H25NO2S/c1-3-16-13-17-19(24(16)22)12-15-6-4-5-7-18(15)23-20(17)14-8-10-21(2)11-9-14/h4-7,13-14,20H,3,8-12H2,1-2H3. The van der Waals surface area contributed by atoms with Crippen LogP contribution < -0.4 is 4.74 Å². The molecule has 0 aliphatic carbocycles. The largest absolute Gasteiger partial charge is 0.485 e. The predicted octanol–water partition coefficient (Wildman–Crippen LogP) is 3.64. The van der Waals surface area contributed by atoms with E-state index in [4.69, 9.17) is 4.74 Å². The second kappa shape index (κ2) is 6.49. The van der Waals surface area contributed by atoms with Crippen LogP contribution in [0.5, 0.6) is 5.75 Å². The Bertz CT molecular complexity index is 729. The molecule has 0 spiro atoms. The van der Waals surface area contributed by atoms with E-state index in [2.05, 4.69) is 37.1 Å². The van der Waals surface area contributed by atoms with Crippen LogP contribution in [0, 0.1) is 5.92 Å². The van der Waals surface area contributed by atoms with Gasteiger partial charge in [-0.15, -0.1) is 0 Å². The summed E-state index contributed by atoms with van der Waals surface area (Å²) in [6.07, 6.45) is 6.11. The van der Waals surface area contributed by atoms with Gasteiger partial charge in [-0.25, -0.2) is 4.21 Å². The number of rotatable bonds is 2. The zero-order valence-electron chi connectivity index (χ0n) is 14.5. The molecular formula is C20H25NO2S. The average Bonchev–Trinajstić information content (AvgIpc) is 2.81. The van der Waals surface area contributed by atoms with E-state index in [0.717, 1.165) is 54.3 Å². The van der Waals surface area contributed by atoms with Gasteiger partial charge in [0.05, 0.1) is 10.8 Å². The fourth-order valence-corrected chi connectivity index (χ4v) is 5.52. The van der Waals surface area contributed by atoms with Crippen molar-refractivity contribution in [1.29, 1.82) is 0 Å². The molecule has 0 saturated carbocycles. The minimum atomic E-state index is -0.977. The van der Waals surface area contributed by atoms with Crippen LogP contribution in [0.3, 0.4) is 0 Å². The highest BCUT2D eigenvalue weighted by Crippen LogP contribution is 2.42. The van der Waals surface area contributed by atoms with Crippen molar-refractivity contribution in [3.05, 3.63) is 51.3 Å². The lowest BCUT2D eigenvalue weighted by atomic mass is 9.86. The quantitative estimate of drug-likeness (QED) is 0.821. The lowest BCUT2D eigenvalue weighted by Gasteiger charge is -2.34. The fourth-order valence-electron chi connectivity index (χ4n) is 4.03. The Balaban J connectivity index is 1.74. The first-order chi connectivity index (χ1) is 11.7. The molecule has 0 radical (unpaired) electrons. The molecule has 0 N–H and O–H groups in total. The van der Waals surface area contributed by atoms with E-state index < -0.39 is 10.8 Å². The first kappa shape index (κ1) is 16.1.